The number of aromatic nitrogens is 4. The van der Waals surface area contributed by atoms with Crippen molar-refractivity contribution in [1.82, 2.24) is 19.7 Å². The van der Waals surface area contributed by atoms with E-state index in [1.54, 1.807) is 6.20 Å². The van der Waals surface area contributed by atoms with Crippen molar-refractivity contribution in [2.45, 2.75) is 0 Å². The zero-order valence-corrected chi connectivity index (χ0v) is 10.3. The third-order valence-corrected chi connectivity index (χ3v) is 2.99. The number of fused-ring (bicyclic) bond motifs is 1. The summed E-state index contributed by atoms with van der Waals surface area (Å²) in [6, 6.07) is 9.99. The fourth-order valence-corrected chi connectivity index (χ4v) is 2.08. The standard InChI is InChI=1S/C13H13N5/c1-14-13-17-16-12(18(13)2)10-5-3-7-11-9(10)6-4-8-15-11/h3-8H,1-2H3,(H,14,17). The van der Waals surface area contributed by atoms with E-state index in [-0.39, 0.29) is 0 Å². The topological polar surface area (TPSA) is 55.6 Å². The summed E-state index contributed by atoms with van der Waals surface area (Å²) in [7, 11) is 3.77. The molecule has 0 spiro atoms. The molecule has 3 aromatic rings. The van der Waals surface area contributed by atoms with Crippen molar-refractivity contribution in [3.63, 3.8) is 0 Å². The van der Waals surface area contributed by atoms with Crippen molar-refractivity contribution in [3.8, 4) is 11.4 Å². The van der Waals surface area contributed by atoms with Gasteiger partial charge in [-0.15, -0.1) is 10.2 Å². The van der Waals surface area contributed by atoms with Crippen LogP contribution in [-0.4, -0.2) is 26.8 Å². The molecule has 0 bridgehead atoms. The summed E-state index contributed by atoms with van der Waals surface area (Å²) in [5, 5.41) is 12.4. The first-order chi connectivity index (χ1) is 8.81. The zero-order valence-electron chi connectivity index (χ0n) is 10.3. The Morgan fingerprint density at radius 3 is 2.78 bits per heavy atom. The Labute approximate surface area is 104 Å². The van der Waals surface area contributed by atoms with Gasteiger partial charge in [0.25, 0.3) is 0 Å². The van der Waals surface area contributed by atoms with Gasteiger partial charge in [-0.3, -0.25) is 9.55 Å². The smallest absolute Gasteiger partial charge is 0.224 e. The molecule has 90 valence electrons. The first-order valence-corrected chi connectivity index (χ1v) is 5.72. The van der Waals surface area contributed by atoms with E-state index in [1.165, 1.54) is 0 Å². The van der Waals surface area contributed by atoms with Crippen LogP contribution in [-0.2, 0) is 7.05 Å². The SMILES string of the molecule is CNc1nnc(-c2cccc3ncccc23)n1C. The van der Waals surface area contributed by atoms with Gasteiger partial charge in [-0.2, -0.15) is 0 Å². The molecule has 0 saturated carbocycles. The maximum absolute atomic E-state index is 4.35. The molecule has 0 aliphatic rings. The van der Waals surface area contributed by atoms with Crippen molar-refractivity contribution in [3.05, 3.63) is 36.5 Å². The second-order valence-corrected chi connectivity index (χ2v) is 4.03. The van der Waals surface area contributed by atoms with Crippen LogP contribution >= 0.6 is 0 Å². The van der Waals surface area contributed by atoms with E-state index < -0.39 is 0 Å². The lowest BCUT2D eigenvalue weighted by molar-refractivity contribution is 0.926. The molecule has 0 aliphatic heterocycles. The minimum Gasteiger partial charge on any atom is -0.357 e. The highest BCUT2D eigenvalue weighted by Gasteiger charge is 2.12. The summed E-state index contributed by atoms with van der Waals surface area (Å²) in [5.74, 6) is 1.57. The highest BCUT2D eigenvalue weighted by atomic mass is 15.3. The quantitative estimate of drug-likeness (QED) is 0.743. The highest BCUT2D eigenvalue weighted by molar-refractivity contribution is 5.92. The molecule has 18 heavy (non-hydrogen) atoms. The first kappa shape index (κ1) is 10.7. The van der Waals surface area contributed by atoms with Crippen molar-refractivity contribution in [2.24, 2.45) is 7.05 Å². The molecule has 2 heterocycles. The summed E-state index contributed by atoms with van der Waals surface area (Å²) in [6.45, 7) is 0. The Kier molecular flexibility index (Phi) is 2.44. The largest absolute Gasteiger partial charge is 0.357 e. The predicted molar refractivity (Wildman–Crippen MR) is 71.3 cm³/mol. The molecule has 2 aromatic heterocycles. The summed E-state index contributed by atoms with van der Waals surface area (Å²) in [5.41, 5.74) is 2.00. The number of benzene rings is 1. The van der Waals surface area contributed by atoms with Crippen LogP contribution in [0.25, 0.3) is 22.3 Å². The van der Waals surface area contributed by atoms with E-state index in [2.05, 4.69) is 20.5 Å². The minimum atomic E-state index is 0.742. The lowest BCUT2D eigenvalue weighted by Gasteiger charge is -2.06. The maximum atomic E-state index is 4.35. The minimum absolute atomic E-state index is 0.742. The first-order valence-electron chi connectivity index (χ1n) is 5.72. The van der Waals surface area contributed by atoms with Crippen LogP contribution in [0.3, 0.4) is 0 Å². The number of nitrogens with zero attached hydrogens (tertiary/aromatic N) is 4. The second kappa shape index (κ2) is 4.10. The van der Waals surface area contributed by atoms with E-state index >= 15 is 0 Å². The Bertz CT molecular complexity index is 696. The molecule has 0 saturated heterocycles. The lowest BCUT2D eigenvalue weighted by atomic mass is 10.1. The summed E-state index contributed by atoms with van der Waals surface area (Å²) < 4.78 is 1.93. The number of anilines is 1. The van der Waals surface area contributed by atoms with Gasteiger partial charge in [0.2, 0.25) is 5.95 Å². The molecule has 0 radical (unpaired) electrons. The Balaban J connectivity index is 2.28. The van der Waals surface area contributed by atoms with Gasteiger partial charge in [-0.25, -0.2) is 0 Å². The molecule has 0 atom stereocenters. The Morgan fingerprint density at radius 1 is 1.11 bits per heavy atom. The van der Waals surface area contributed by atoms with Crippen LogP contribution in [0.1, 0.15) is 0 Å². The van der Waals surface area contributed by atoms with Gasteiger partial charge in [-0.1, -0.05) is 18.2 Å². The molecule has 5 nitrogen and oxygen atoms in total. The number of rotatable bonds is 2. The number of pyridine rings is 1. The number of nitrogens with one attached hydrogen (secondary N) is 1. The van der Waals surface area contributed by atoms with Gasteiger partial charge >= 0.3 is 0 Å². The Hall–Kier alpha value is -2.43. The van der Waals surface area contributed by atoms with E-state index in [1.807, 2.05) is 49.0 Å². The molecule has 0 unspecified atom stereocenters. The number of hydrogen-bond donors (Lipinski definition) is 1. The molecule has 0 aliphatic carbocycles. The molecular weight excluding hydrogens is 226 g/mol. The van der Waals surface area contributed by atoms with Crippen molar-refractivity contribution < 1.29 is 0 Å². The molecule has 1 N–H and O–H groups in total. The molecule has 0 fully saturated rings. The van der Waals surface area contributed by atoms with Crippen LogP contribution in [0.5, 0.6) is 0 Å². The molecule has 5 heteroatoms. The average Bonchev–Trinajstić information content (AvgIpc) is 2.79. The van der Waals surface area contributed by atoms with Gasteiger partial charge < -0.3 is 5.32 Å². The van der Waals surface area contributed by atoms with Crippen LogP contribution in [0.2, 0.25) is 0 Å². The van der Waals surface area contributed by atoms with Crippen LogP contribution in [0.4, 0.5) is 5.95 Å². The average molecular weight is 239 g/mol. The summed E-state index contributed by atoms with van der Waals surface area (Å²) in [6.07, 6.45) is 1.79. The molecular formula is C13H13N5. The van der Waals surface area contributed by atoms with Gasteiger partial charge in [0, 0.05) is 31.2 Å². The van der Waals surface area contributed by atoms with E-state index in [0.717, 1.165) is 28.2 Å². The zero-order chi connectivity index (χ0) is 12.5. The van der Waals surface area contributed by atoms with Gasteiger partial charge in [-0.05, 0) is 12.1 Å². The van der Waals surface area contributed by atoms with Crippen LogP contribution < -0.4 is 5.32 Å². The third-order valence-electron chi connectivity index (χ3n) is 2.99. The molecule has 1 aromatic carbocycles. The van der Waals surface area contributed by atoms with Gasteiger partial charge in [0.15, 0.2) is 5.82 Å². The van der Waals surface area contributed by atoms with Gasteiger partial charge in [0.05, 0.1) is 5.52 Å². The lowest BCUT2D eigenvalue weighted by Crippen LogP contribution is -2.00. The third kappa shape index (κ3) is 1.52. The van der Waals surface area contributed by atoms with Crippen molar-refractivity contribution in [2.75, 3.05) is 12.4 Å². The Morgan fingerprint density at radius 2 is 2.00 bits per heavy atom. The maximum Gasteiger partial charge on any atom is 0.224 e. The van der Waals surface area contributed by atoms with Crippen LogP contribution in [0.15, 0.2) is 36.5 Å². The van der Waals surface area contributed by atoms with Gasteiger partial charge in [0.1, 0.15) is 0 Å². The monoisotopic (exact) mass is 239 g/mol. The van der Waals surface area contributed by atoms with Crippen LogP contribution in [0, 0.1) is 0 Å². The fraction of sp³-hybridized carbons (Fsp3) is 0.154. The van der Waals surface area contributed by atoms with Crippen molar-refractivity contribution in [1.29, 1.82) is 0 Å². The molecule has 0 amide bonds. The van der Waals surface area contributed by atoms with E-state index in [4.69, 9.17) is 0 Å². The second-order valence-electron chi connectivity index (χ2n) is 4.03. The van der Waals surface area contributed by atoms with Crippen molar-refractivity contribution >= 4 is 16.9 Å². The summed E-state index contributed by atoms with van der Waals surface area (Å²) in [4.78, 5) is 4.35. The molecule has 3 rings (SSSR count). The fourth-order valence-electron chi connectivity index (χ4n) is 2.08. The highest BCUT2D eigenvalue weighted by Crippen LogP contribution is 2.26. The normalized spacial score (nSPS) is 10.8. The number of hydrogen-bond acceptors (Lipinski definition) is 4. The van der Waals surface area contributed by atoms with E-state index in [9.17, 15) is 0 Å². The summed E-state index contributed by atoms with van der Waals surface area (Å²) >= 11 is 0. The van der Waals surface area contributed by atoms with E-state index in [0.29, 0.717) is 0 Å². The predicted octanol–water partition coefficient (Wildman–Crippen LogP) is 2.07.